The molecular weight excluding hydrogens is 170 g/mol. The Hall–Kier alpha value is -0.980. The van der Waals surface area contributed by atoms with E-state index in [-0.39, 0.29) is 0 Å². The zero-order valence-corrected chi connectivity index (χ0v) is 8.50. The van der Waals surface area contributed by atoms with Crippen LogP contribution >= 0.6 is 0 Å². The van der Waals surface area contributed by atoms with Crippen LogP contribution in [0.15, 0.2) is 24.3 Å². The fraction of sp³-hybridized carbons (Fsp3) is 0.538. The maximum absolute atomic E-state index is 3.68. The number of rotatable bonds is 1. The standard InChI is InChI=1S/C13H17N/c1-2-6-10(5-1)13-9-11-7-3-4-8-12(11)14-13/h3-4,7-8,10,13-14H,1-2,5-6,9H2. The lowest BCUT2D eigenvalue weighted by molar-refractivity contribution is 0.466. The molecule has 0 bridgehead atoms. The van der Waals surface area contributed by atoms with Crippen LogP contribution in [0, 0.1) is 5.92 Å². The highest BCUT2D eigenvalue weighted by molar-refractivity contribution is 5.56. The molecule has 2 aliphatic rings. The Balaban J connectivity index is 1.77. The third kappa shape index (κ3) is 1.31. The molecule has 1 atom stereocenters. The van der Waals surface area contributed by atoms with Crippen LogP contribution in [0.2, 0.25) is 0 Å². The Bertz CT molecular complexity index is 301. The summed E-state index contributed by atoms with van der Waals surface area (Å²) in [5.41, 5.74) is 2.90. The minimum absolute atomic E-state index is 0.731. The summed E-state index contributed by atoms with van der Waals surface area (Å²) < 4.78 is 0. The molecule has 0 saturated heterocycles. The van der Waals surface area contributed by atoms with Crippen molar-refractivity contribution in [3.63, 3.8) is 0 Å². The molecule has 1 aliphatic carbocycles. The van der Waals surface area contributed by atoms with Crippen molar-refractivity contribution < 1.29 is 0 Å². The molecule has 14 heavy (non-hydrogen) atoms. The van der Waals surface area contributed by atoms with Crippen LogP contribution < -0.4 is 5.32 Å². The van der Waals surface area contributed by atoms with E-state index in [1.807, 2.05) is 0 Å². The molecule has 1 heteroatoms. The van der Waals surface area contributed by atoms with E-state index in [2.05, 4.69) is 29.6 Å². The fourth-order valence-electron chi connectivity index (χ4n) is 2.97. The minimum Gasteiger partial charge on any atom is -0.381 e. The highest BCUT2D eigenvalue weighted by Crippen LogP contribution is 2.35. The predicted octanol–water partition coefficient (Wildman–Crippen LogP) is 3.21. The molecule has 0 radical (unpaired) electrons. The van der Waals surface area contributed by atoms with Gasteiger partial charge in [-0.2, -0.15) is 0 Å². The van der Waals surface area contributed by atoms with Gasteiger partial charge >= 0.3 is 0 Å². The first-order valence-corrected chi connectivity index (χ1v) is 5.78. The van der Waals surface area contributed by atoms with Crippen LogP contribution in [-0.2, 0) is 6.42 Å². The van der Waals surface area contributed by atoms with Gasteiger partial charge in [0.25, 0.3) is 0 Å². The molecule has 1 N–H and O–H groups in total. The summed E-state index contributed by atoms with van der Waals surface area (Å²) in [6.07, 6.45) is 7.01. The van der Waals surface area contributed by atoms with Crippen molar-refractivity contribution in [3.05, 3.63) is 29.8 Å². The van der Waals surface area contributed by atoms with E-state index in [0.717, 1.165) is 12.0 Å². The number of benzene rings is 1. The Morgan fingerprint density at radius 3 is 2.64 bits per heavy atom. The first-order valence-electron chi connectivity index (χ1n) is 5.78. The van der Waals surface area contributed by atoms with Gasteiger partial charge in [-0.05, 0) is 36.8 Å². The maximum atomic E-state index is 3.68. The first kappa shape index (κ1) is 8.34. The Morgan fingerprint density at radius 2 is 1.86 bits per heavy atom. The molecule has 1 fully saturated rings. The van der Waals surface area contributed by atoms with Crippen molar-refractivity contribution in [2.45, 2.75) is 38.1 Å². The second kappa shape index (κ2) is 3.30. The average molecular weight is 187 g/mol. The van der Waals surface area contributed by atoms with Gasteiger partial charge in [0, 0.05) is 11.7 Å². The minimum atomic E-state index is 0.731. The van der Waals surface area contributed by atoms with Crippen molar-refractivity contribution in [2.24, 2.45) is 5.92 Å². The van der Waals surface area contributed by atoms with Crippen molar-refractivity contribution in [1.29, 1.82) is 0 Å². The lowest BCUT2D eigenvalue weighted by Crippen LogP contribution is -2.24. The lowest BCUT2D eigenvalue weighted by atomic mass is 9.95. The molecule has 1 unspecified atom stereocenters. The van der Waals surface area contributed by atoms with Gasteiger partial charge in [-0.25, -0.2) is 0 Å². The second-order valence-corrected chi connectivity index (χ2v) is 4.66. The van der Waals surface area contributed by atoms with Crippen LogP contribution in [0.1, 0.15) is 31.2 Å². The first-order chi connectivity index (χ1) is 6.93. The number of anilines is 1. The highest BCUT2D eigenvalue weighted by atomic mass is 15.0. The summed E-state index contributed by atoms with van der Waals surface area (Å²) in [7, 11) is 0. The third-order valence-corrected chi connectivity index (χ3v) is 3.77. The molecule has 1 aromatic carbocycles. The average Bonchev–Trinajstić information content (AvgIpc) is 2.86. The van der Waals surface area contributed by atoms with E-state index in [0.29, 0.717) is 0 Å². The summed E-state index contributed by atoms with van der Waals surface area (Å²) >= 11 is 0. The van der Waals surface area contributed by atoms with Crippen LogP contribution in [-0.4, -0.2) is 6.04 Å². The number of nitrogens with one attached hydrogen (secondary N) is 1. The van der Waals surface area contributed by atoms with E-state index < -0.39 is 0 Å². The molecule has 0 aromatic heterocycles. The topological polar surface area (TPSA) is 12.0 Å². The molecule has 1 saturated carbocycles. The Kier molecular flexibility index (Phi) is 1.97. The van der Waals surface area contributed by atoms with Crippen LogP contribution in [0.3, 0.4) is 0 Å². The van der Waals surface area contributed by atoms with Gasteiger partial charge in [-0.15, -0.1) is 0 Å². The third-order valence-electron chi connectivity index (χ3n) is 3.77. The summed E-state index contributed by atoms with van der Waals surface area (Å²) in [4.78, 5) is 0. The van der Waals surface area contributed by atoms with Gasteiger partial charge in [0.2, 0.25) is 0 Å². The van der Waals surface area contributed by atoms with E-state index in [9.17, 15) is 0 Å². The van der Waals surface area contributed by atoms with E-state index in [1.165, 1.54) is 43.4 Å². The second-order valence-electron chi connectivity index (χ2n) is 4.66. The van der Waals surface area contributed by atoms with Crippen molar-refractivity contribution in [2.75, 3.05) is 5.32 Å². The van der Waals surface area contributed by atoms with Gasteiger partial charge < -0.3 is 5.32 Å². The van der Waals surface area contributed by atoms with Gasteiger partial charge in [0.05, 0.1) is 0 Å². The normalized spacial score (nSPS) is 26.1. The van der Waals surface area contributed by atoms with Crippen LogP contribution in [0.4, 0.5) is 5.69 Å². The maximum Gasteiger partial charge on any atom is 0.0375 e. The molecule has 3 rings (SSSR count). The van der Waals surface area contributed by atoms with Gasteiger partial charge in [-0.3, -0.25) is 0 Å². The smallest absolute Gasteiger partial charge is 0.0375 e. The summed E-state index contributed by atoms with van der Waals surface area (Å²) in [5, 5.41) is 3.68. The number of hydrogen-bond donors (Lipinski definition) is 1. The lowest BCUT2D eigenvalue weighted by Gasteiger charge is -2.18. The largest absolute Gasteiger partial charge is 0.381 e. The molecular formula is C13H17N. The number of hydrogen-bond acceptors (Lipinski definition) is 1. The van der Waals surface area contributed by atoms with Gasteiger partial charge in [-0.1, -0.05) is 31.0 Å². The number of para-hydroxylation sites is 1. The predicted molar refractivity (Wildman–Crippen MR) is 59.5 cm³/mol. The van der Waals surface area contributed by atoms with Crippen molar-refractivity contribution in [1.82, 2.24) is 0 Å². The molecule has 0 spiro atoms. The molecule has 1 aliphatic heterocycles. The monoisotopic (exact) mass is 187 g/mol. The molecule has 74 valence electrons. The van der Waals surface area contributed by atoms with Crippen LogP contribution in [0.25, 0.3) is 0 Å². The molecule has 1 aromatic rings. The molecule has 0 amide bonds. The van der Waals surface area contributed by atoms with Crippen molar-refractivity contribution in [3.8, 4) is 0 Å². The van der Waals surface area contributed by atoms with Crippen LogP contribution in [0.5, 0.6) is 0 Å². The summed E-state index contributed by atoms with van der Waals surface area (Å²) in [5.74, 6) is 0.933. The van der Waals surface area contributed by atoms with E-state index in [1.54, 1.807) is 0 Å². The molecule has 1 nitrogen and oxygen atoms in total. The zero-order chi connectivity index (χ0) is 9.38. The summed E-state index contributed by atoms with van der Waals surface area (Å²) in [6, 6.07) is 9.48. The van der Waals surface area contributed by atoms with Gasteiger partial charge in [0.15, 0.2) is 0 Å². The van der Waals surface area contributed by atoms with Crippen molar-refractivity contribution >= 4 is 5.69 Å². The fourth-order valence-corrected chi connectivity index (χ4v) is 2.97. The SMILES string of the molecule is c1ccc2c(c1)CC(C1CCCC1)N2. The van der Waals surface area contributed by atoms with Gasteiger partial charge in [0.1, 0.15) is 0 Å². The Labute approximate surface area is 85.5 Å². The molecule has 1 heterocycles. The summed E-state index contributed by atoms with van der Waals surface area (Å²) in [6.45, 7) is 0. The van der Waals surface area contributed by atoms with E-state index in [4.69, 9.17) is 0 Å². The highest BCUT2D eigenvalue weighted by Gasteiger charge is 2.29. The van der Waals surface area contributed by atoms with E-state index >= 15 is 0 Å². The zero-order valence-electron chi connectivity index (χ0n) is 8.50. The quantitative estimate of drug-likeness (QED) is 0.712. The Morgan fingerprint density at radius 1 is 1.07 bits per heavy atom. The number of fused-ring (bicyclic) bond motifs is 1.